The van der Waals surface area contributed by atoms with E-state index in [0.717, 1.165) is 37.4 Å². The monoisotopic (exact) mass is 369 g/mol. The van der Waals surface area contributed by atoms with Gasteiger partial charge < -0.3 is 14.4 Å². The number of amides is 1. The van der Waals surface area contributed by atoms with Crippen molar-refractivity contribution in [2.75, 3.05) is 26.8 Å². The molecular formula is C21H27N3O3. The average molecular weight is 369 g/mol. The highest BCUT2D eigenvalue weighted by Gasteiger charge is 2.28. The molecule has 27 heavy (non-hydrogen) atoms. The fourth-order valence-electron chi connectivity index (χ4n) is 3.83. The van der Waals surface area contributed by atoms with Crippen molar-refractivity contribution in [3.05, 3.63) is 42.2 Å². The molecule has 1 aromatic carbocycles. The summed E-state index contributed by atoms with van der Waals surface area (Å²) in [6, 6.07) is 7.67. The van der Waals surface area contributed by atoms with Crippen LogP contribution in [0.5, 0.6) is 5.75 Å². The Labute approximate surface area is 160 Å². The highest BCUT2D eigenvalue weighted by atomic mass is 16.5. The molecule has 2 aromatic rings. The first-order valence-corrected chi connectivity index (χ1v) is 9.83. The summed E-state index contributed by atoms with van der Waals surface area (Å²) in [4.78, 5) is 15.2. The van der Waals surface area contributed by atoms with Gasteiger partial charge in [-0.05, 0) is 43.7 Å². The summed E-state index contributed by atoms with van der Waals surface area (Å²) < 4.78 is 12.9. The number of rotatable bonds is 7. The van der Waals surface area contributed by atoms with E-state index in [2.05, 4.69) is 5.10 Å². The van der Waals surface area contributed by atoms with Gasteiger partial charge in [0, 0.05) is 25.9 Å². The normalized spacial score (nSPS) is 19.7. The van der Waals surface area contributed by atoms with Crippen LogP contribution in [0.2, 0.25) is 0 Å². The zero-order valence-corrected chi connectivity index (χ0v) is 15.8. The molecule has 2 fully saturated rings. The van der Waals surface area contributed by atoms with Crippen LogP contribution < -0.4 is 4.74 Å². The second-order valence-corrected chi connectivity index (χ2v) is 7.49. The van der Waals surface area contributed by atoms with Gasteiger partial charge in [-0.25, -0.2) is 4.68 Å². The highest BCUT2D eigenvalue weighted by Crippen LogP contribution is 2.28. The van der Waals surface area contributed by atoms with Crippen LogP contribution in [-0.2, 0) is 4.74 Å². The molecule has 6 nitrogen and oxygen atoms in total. The molecule has 0 N–H and O–H groups in total. The van der Waals surface area contributed by atoms with Gasteiger partial charge in [0.1, 0.15) is 11.4 Å². The topological polar surface area (TPSA) is 56.6 Å². The van der Waals surface area contributed by atoms with Gasteiger partial charge in [0.05, 0.1) is 25.0 Å². The maximum Gasteiger partial charge on any atom is 0.257 e. The molecule has 1 saturated heterocycles. The van der Waals surface area contributed by atoms with Crippen LogP contribution in [0, 0.1) is 5.92 Å². The molecule has 1 unspecified atom stereocenters. The third-order valence-electron chi connectivity index (χ3n) is 5.60. The molecule has 1 aliphatic heterocycles. The summed E-state index contributed by atoms with van der Waals surface area (Å²) in [5, 5.41) is 4.40. The SMILES string of the molecule is COc1ccccc1-n1cc(C(=O)N(CC2CCC2)CC2CCCO2)cn1. The van der Waals surface area contributed by atoms with E-state index >= 15 is 0 Å². The van der Waals surface area contributed by atoms with Gasteiger partial charge >= 0.3 is 0 Å². The number of aromatic nitrogens is 2. The fraction of sp³-hybridized carbons (Fsp3) is 0.524. The smallest absolute Gasteiger partial charge is 0.257 e. The zero-order chi connectivity index (χ0) is 18.6. The van der Waals surface area contributed by atoms with Crippen molar-refractivity contribution in [3.63, 3.8) is 0 Å². The Kier molecular flexibility index (Phi) is 5.43. The lowest BCUT2D eigenvalue weighted by Crippen LogP contribution is -2.41. The van der Waals surface area contributed by atoms with E-state index in [-0.39, 0.29) is 12.0 Å². The Balaban J connectivity index is 1.52. The molecule has 1 aromatic heterocycles. The minimum atomic E-state index is 0.0403. The van der Waals surface area contributed by atoms with Gasteiger partial charge in [0.15, 0.2) is 0 Å². The molecule has 2 heterocycles. The molecule has 6 heteroatoms. The van der Waals surface area contributed by atoms with E-state index in [1.54, 1.807) is 24.2 Å². The number of methoxy groups -OCH3 is 1. The predicted molar refractivity (Wildman–Crippen MR) is 102 cm³/mol. The molecule has 2 aliphatic rings. The van der Waals surface area contributed by atoms with E-state index in [0.29, 0.717) is 18.0 Å². The second-order valence-electron chi connectivity index (χ2n) is 7.49. The van der Waals surface area contributed by atoms with Gasteiger partial charge in [-0.1, -0.05) is 18.6 Å². The highest BCUT2D eigenvalue weighted by molar-refractivity contribution is 5.94. The minimum Gasteiger partial charge on any atom is -0.494 e. The van der Waals surface area contributed by atoms with E-state index in [1.165, 1.54) is 19.3 Å². The van der Waals surface area contributed by atoms with Crippen LogP contribution in [0.3, 0.4) is 0 Å². The molecule has 0 bridgehead atoms. The molecule has 1 aliphatic carbocycles. The van der Waals surface area contributed by atoms with Gasteiger partial charge in [0.25, 0.3) is 5.91 Å². The number of para-hydroxylation sites is 2. The lowest BCUT2D eigenvalue weighted by atomic mass is 9.85. The summed E-state index contributed by atoms with van der Waals surface area (Å²) in [6.07, 6.45) is 9.45. The van der Waals surface area contributed by atoms with E-state index < -0.39 is 0 Å². The molecule has 0 radical (unpaired) electrons. The summed E-state index contributed by atoms with van der Waals surface area (Å²) in [5.41, 5.74) is 1.43. The van der Waals surface area contributed by atoms with Crippen molar-refractivity contribution in [2.24, 2.45) is 5.92 Å². The van der Waals surface area contributed by atoms with Crippen LogP contribution in [-0.4, -0.2) is 53.5 Å². The predicted octanol–water partition coefficient (Wildman–Crippen LogP) is 3.30. The van der Waals surface area contributed by atoms with Crippen LogP contribution in [0.1, 0.15) is 42.5 Å². The molecule has 1 amide bonds. The molecule has 1 atom stereocenters. The Hall–Kier alpha value is -2.34. The maximum absolute atomic E-state index is 13.2. The largest absolute Gasteiger partial charge is 0.494 e. The third kappa shape index (κ3) is 4.00. The van der Waals surface area contributed by atoms with Crippen molar-refractivity contribution in [2.45, 2.75) is 38.2 Å². The number of hydrogen-bond donors (Lipinski definition) is 0. The third-order valence-corrected chi connectivity index (χ3v) is 5.60. The van der Waals surface area contributed by atoms with Crippen molar-refractivity contribution in [1.82, 2.24) is 14.7 Å². The number of carbonyl (C=O) groups excluding carboxylic acids is 1. The van der Waals surface area contributed by atoms with Gasteiger partial charge in [-0.3, -0.25) is 4.79 Å². The molecule has 1 saturated carbocycles. The quantitative estimate of drug-likeness (QED) is 0.751. The summed E-state index contributed by atoms with van der Waals surface area (Å²) in [5.74, 6) is 1.39. The summed E-state index contributed by atoms with van der Waals surface area (Å²) in [6.45, 7) is 2.30. The summed E-state index contributed by atoms with van der Waals surface area (Å²) in [7, 11) is 1.64. The number of hydrogen-bond acceptors (Lipinski definition) is 4. The average Bonchev–Trinajstić information content (AvgIpc) is 3.35. The maximum atomic E-state index is 13.2. The molecule has 0 spiro atoms. The van der Waals surface area contributed by atoms with Crippen molar-refractivity contribution >= 4 is 5.91 Å². The Morgan fingerprint density at radius 3 is 2.81 bits per heavy atom. The first-order chi connectivity index (χ1) is 13.2. The number of benzene rings is 1. The molecule has 144 valence electrons. The van der Waals surface area contributed by atoms with E-state index in [1.807, 2.05) is 29.2 Å². The first kappa shape index (κ1) is 18.0. The molecule has 4 rings (SSSR count). The lowest BCUT2D eigenvalue weighted by molar-refractivity contribution is 0.0448. The lowest BCUT2D eigenvalue weighted by Gasteiger charge is -2.33. The van der Waals surface area contributed by atoms with Crippen molar-refractivity contribution < 1.29 is 14.3 Å². The molecular weight excluding hydrogens is 342 g/mol. The van der Waals surface area contributed by atoms with Crippen molar-refractivity contribution in [3.8, 4) is 11.4 Å². The van der Waals surface area contributed by atoms with Gasteiger partial charge in [0.2, 0.25) is 0 Å². The van der Waals surface area contributed by atoms with E-state index in [4.69, 9.17) is 9.47 Å². The Morgan fingerprint density at radius 2 is 2.11 bits per heavy atom. The zero-order valence-electron chi connectivity index (χ0n) is 15.8. The van der Waals surface area contributed by atoms with Gasteiger partial charge in [-0.15, -0.1) is 0 Å². The first-order valence-electron chi connectivity index (χ1n) is 9.83. The number of ether oxygens (including phenoxy) is 2. The van der Waals surface area contributed by atoms with Crippen LogP contribution >= 0.6 is 0 Å². The number of nitrogens with zero attached hydrogens (tertiary/aromatic N) is 3. The van der Waals surface area contributed by atoms with E-state index in [9.17, 15) is 4.79 Å². The fourth-order valence-corrected chi connectivity index (χ4v) is 3.83. The second kappa shape index (κ2) is 8.13. The standard InChI is InChI=1S/C21H27N3O3/c1-26-20-10-3-2-9-19(20)24-14-17(12-22-24)21(25)23(13-16-6-4-7-16)15-18-8-5-11-27-18/h2-3,9-10,12,14,16,18H,4-8,11,13,15H2,1H3. The van der Waals surface area contributed by atoms with Crippen LogP contribution in [0.25, 0.3) is 5.69 Å². The van der Waals surface area contributed by atoms with Crippen LogP contribution in [0.15, 0.2) is 36.7 Å². The minimum absolute atomic E-state index is 0.0403. The Morgan fingerprint density at radius 1 is 1.26 bits per heavy atom. The van der Waals surface area contributed by atoms with Crippen LogP contribution in [0.4, 0.5) is 0 Å². The van der Waals surface area contributed by atoms with Gasteiger partial charge in [-0.2, -0.15) is 5.10 Å². The summed E-state index contributed by atoms with van der Waals surface area (Å²) >= 11 is 0. The number of carbonyl (C=O) groups is 1. The Bertz CT molecular complexity index is 778. The van der Waals surface area contributed by atoms with Crippen molar-refractivity contribution in [1.29, 1.82) is 0 Å².